The number of fused-ring (bicyclic) bond motifs is 2. The molecule has 0 saturated heterocycles. The first-order chi connectivity index (χ1) is 21.7. The van der Waals surface area contributed by atoms with Crippen LogP contribution in [0.4, 0.5) is 0 Å². The van der Waals surface area contributed by atoms with Crippen molar-refractivity contribution in [3.63, 3.8) is 0 Å². The molecule has 4 heteroatoms. The maximum atomic E-state index is 13.2. The number of carbonyl (C=O) groups is 1. The van der Waals surface area contributed by atoms with E-state index in [1.165, 1.54) is 69.8 Å². The third-order valence-corrected chi connectivity index (χ3v) is 15.7. The van der Waals surface area contributed by atoms with Gasteiger partial charge in [-0.15, -0.1) is 0 Å². The van der Waals surface area contributed by atoms with E-state index in [2.05, 4.69) is 55.4 Å². The van der Waals surface area contributed by atoms with Gasteiger partial charge in [0.1, 0.15) is 6.10 Å². The zero-order valence-corrected chi connectivity index (χ0v) is 30.7. The zero-order valence-electron chi connectivity index (χ0n) is 30.7. The number of benzene rings is 1. The molecule has 6 rings (SSSR count). The van der Waals surface area contributed by atoms with Crippen LogP contribution in [0.5, 0.6) is 11.5 Å². The Morgan fingerprint density at radius 3 is 2.26 bits per heavy atom. The molecule has 0 heterocycles. The zero-order chi connectivity index (χ0) is 33.3. The summed E-state index contributed by atoms with van der Waals surface area (Å²) in [6.45, 7) is 19.7. The van der Waals surface area contributed by atoms with Crippen molar-refractivity contribution in [2.75, 3.05) is 14.2 Å². The molecule has 1 aromatic rings. The lowest BCUT2D eigenvalue weighted by atomic mass is 9.41. The fourth-order valence-corrected chi connectivity index (χ4v) is 12.7. The molecule has 0 aromatic heterocycles. The Labute approximate surface area is 280 Å². The van der Waals surface area contributed by atoms with Crippen LogP contribution in [0.1, 0.15) is 132 Å². The first-order valence-corrected chi connectivity index (χ1v) is 18.4. The first kappa shape index (κ1) is 33.7. The standard InChI is InChI=1S/C42H62O4/c1-27(2)28(3)11-12-29(4)31-19-21-40(8)35-17-16-34-38(5,6)36(20-22-41(34)26-42(35,41)24-23-39(31,40)7)46-37(43)18-14-30-13-15-32(44-9)33(25-30)45-10/h13-15,18,25,29,31,34-36H,11-12,16-17,19-24,26H2,1-10H3/b18-14+. The summed E-state index contributed by atoms with van der Waals surface area (Å²) < 4.78 is 17.1. The lowest BCUT2D eigenvalue weighted by Gasteiger charge is -2.63. The lowest BCUT2D eigenvalue weighted by molar-refractivity contribution is -0.179. The summed E-state index contributed by atoms with van der Waals surface area (Å²) in [7, 11) is 3.25. The lowest BCUT2D eigenvalue weighted by Crippen LogP contribution is -2.58. The van der Waals surface area contributed by atoms with Crippen molar-refractivity contribution in [3.8, 4) is 11.5 Å². The molecule has 1 aromatic carbocycles. The third kappa shape index (κ3) is 4.92. The van der Waals surface area contributed by atoms with E-state index in [0.29, 0.717) is 39.1 Å². The molecule has 0 amide bonds. The van der Waals surface area contributed by atoms with Crippen LogP contribution < -0.4 is 9.47 Å². The Kier molecular flexibility index (Phi) is 8.58. The average Bonchev–Trinajstić information content (AvgIpc) is 3.61. The number of carbonyl (C=O) groups excluding carboxylic acids is 1. The highest BCUT2D eigenvalue weighted by Gasteiger charge is 2.82. The van der Waals surface area contributed by atoms with Crippen molar-refractivity contribution in [2.24, 2.45) is 50.7 Å². The summed E-state index contributed by atoms with van der Waals surface area (Å²) in [4.78, 5) is 13.2. The molecule has 0 aliphatic heterocycles. The topological polar surface area (TPSA) is 44.8 Å². The Balaban J connectivity index is 1.14. The second-order valence-corrected chi connectivity index (χ2v) is 17.7. The average molecular weight is 631 g/mol. The molecule has 0 radical (unpaired) electrons. The van der Waals surface area contributed by atoms with E-state index < -0.39 is 0 Å². The molecule has 0 N–H and O–H groups in total. The van der Waals surface area contributed by atoms with Gasteiger partial charge in [-0.2, -0.15) is 0 Å². The minimum absolute atomic E-state index is 0.0171. The van der Waals surface area contributed by atoms with E-state index in [-0.39, 0.29) is 17.5 Å². The van der Waals surface area contributed by atoms with Crippen LogP contribution in [-0.4, -0.2) is 26.3 Å². The van der Waals surface area contributed by atoms with Gasteiger partial charge in [0, 0.05) is 11.5 Å². The second-order valence-electron chi connectivity index (χ2n) is 17.7. The summed E-state index contributed by atoms with van der Waals surface area (Å²) >= 11 is 0. The van der Waals surface area contributed by atoms with Gasteiger partial charge in [0.25, 0.3) is 0 Å². The van der Waals surface area contributed by atoms with Gasteiger partial charge < -0.3 is 14.2 Å². The minimum atomic E-state index is -0.241. The summed E-state index contributed by atoms with van der Waals surface area (Å²) in [6.07, 6.45) is 17.9. The summed E-state index contributed by atoms with van der Waals surface area (Å²) in [5.74, 6) is 4.22. The fourth-order valence-electron chi connectivity index (χ4n) is 12.7. The van der Waals surface area contributed by atoms with Gasteiger partial charge in [-0.05, 0) is 161 Å². The predicted molar refractivity (Wildman–Crippen MR) is 188 cm³/mol. The highest BCUT2D eigenvalue weighted by Crippen LogP contribution is 2.89. The van der Waals surface area contributed by atoms with Crippen molar-refractivity contribution < 1.29 is 19.0 Å². The molecule has 5 saturated carbocycles. The summed E-state index contributed by atoms with van der Waals surface area (Å²) in [5, 5.41) is 0. The van der Waals surface area contributed by atoms with E-state index in [9.17, 15) is 4.79 Å². The van der Waals surface area contributed by atoms with E-state index in [1.807, 2.05) is 24.3 Å². The molecular formula is C42H62O4. The molecule has 2 spiro atoms. The maximum absolute atomic E-state index is 13.2. The van der Waals surface area contributed by atoms with Gasteiger partial charge in [-0.1, -0.05) is 51.8 Å². The Morgan fingerprint density at radius 1 is 0.870 bits per heavy atom. The van der Waals surface area contributed by atoms with Crippen LogP contribution in [0.15, 0.2) is 35.4 Å². The highest BCUT2D eigenvalue weighted by atomic mass is 16.5. The Bertz CT molecular complexity index is 1400. The van der Waals surface area contributed by atoms with Crippen LogP contribution in [-0.2, 0) is 9.53 Å². The van der Waals surface area contributed by atoms with Gasteiger partial charge >= 0.3 is 5.97 Å². The number of ether oxygens (including phenoxy) is 3. The number of methoxy groups -OCH3 is 2. The van der Waals surface area contributed by atoms with Crippen molar-refractivity contribution in [3.05, 3.63) is 41.0 Å². The van der Waals surface area contributed by atoms with Gasteiger partial charge in [0.2, 0.25) is 0 Å². The number of hydrogen-bond acceptors (Lipinski definition) is 4. The number of hydrogen-bond donors (Lipinski definition) is 0. The molecule has 5 aliphatic rings. The van der Waals surface area contributed by atoms with E-state index in [1.54, 1.807) is 25.9 Å². The largest absolute Gasteiger partial charge is 0.493 e. The minimum Gasteiger partial charge on any atom is -0.493 e. The monoisotopic (exact) mass is 630 g/mol. The van der Waals surface area contributed by atoms with Gasteiger partial charge in [-0.3, -0.25) is 0 Å². The van der Waals surface area contributed by atoms with Crippen LogP contribution in [0.3, 0.4) is 0 Å². The van der Waals surface area contributed by atoms with Crippen molar-refractivity contribution in [1.29, 1.82) is 0 Å². The molecule has 9 unspecified atom stereocenters. The molecule has 254 valence electrons. The Hall–Kier alpha value is -2.23. The summed E-state index contributed by atoms with van der Waals surface area (Å²) in [6, 6.07) is 5.68. The number of allylic oxidation sites excluding steroid dienone is 2. The van der Waals surface area contributed by atoms with E-state index >= 15 is 0 Å². The molecule has 0 bridgehead atoms. The van der Waals surface area contributed by atoms with E-state index in [0.717, 1.165) is 29.7 Å². The SMILES string of the molecule is COc1ccc(/C=C/C(=O)OC2CCC34CC35CCC3(C)C(C(C)CCC(C)=C(C)C)CCC3(C)C5CCC4C2(C)C)cc1OC. The molecule has 46 heavy (non-hydrogen) atoms. The van der Waals surface area contributed by atoms with Crippen LogP contribution in [0.25, 0.3) is 6.08 Å². The van der Waals surface area contributed by atoms with Crippen LogP contribution in [0.2, 0.25) is 0 Å². The predicted octanol–water partition coefficient (Wildman–Crippen LogP) is 10.8. The van der Waals surface area contributed by atoms with Crippen molar-refractivity contribution in [1.82, 2.24) is 0 Å². The quantitative estimate of drug-likeness (QED) is 0.155. The maximum Gasteiger partial charge on any atom is 0.331 e. The number of rotatable bonds is 9. The molecule has 9 atom stereocenters. The smallest absolute Gasteiger partial charge is 0.331 e. The fraction of sp³-hybridized carbons (Fsp3) is 0.738. The van der Waals surface area contributed by atoms with Crippen LogP contribution in [0, 0.1) is 50.7 Å². The molecule has 5 aliphatic carbocycles. The molecule has 5 fully saturated rings. The second kappa shape index (κ2) is 11.7. The Morgan fingerprint density at radius 2 is 1.57 bits per heavy atom. The van der Waals surface area contributed by atoms with Crippen molar-refractivity contribution in [2.45, 2.75) is 132 Å². The normalized spacial score (nSPS) is 39.3. The first-order valence-electron chi connectivity index (χ1n) is 18.4. The molecular weight excluding hydrogens is 568 g/mol. The number of esters is 1. The van der Waals surface area contributed by atoms with Gasteiger partial charge in [-0.25, -0.2) is 4.79 Å². The summed E-state index contributed by atoms with van der Waals surface area (Å²) in [5.41, 5.74) is 5.84. The highest BCUT2D eigenvalue weighted by molar-refractivity contribution is 5.87. The van der Waals surface area contributed by atoms with Crippen LogP contribution >= 0.6 is 0 Å². The van der Waals surface area contributed by atoms with Gasteiger partial charge in [0.15, 0.2) is 11.5 Å². The molecule has 4 nitrogen and oxygen atoms in total. The van der Waals surface area contributed by atoms with Crippen molar-refractivity contribution >= 4 is 12.0 Å². The van der Waals surface area contributed by atoms with E-state index in [4.69, 9.17) is 14.2 Å². The third-order valence-electron chi connectivity index (χ3n) is 15.7. The van der Waals surface area contributed by atoms with Gasteiger partial charge in [0.05, 0.1) is 14.2 Å².